The maximum Gasteiger partial charge on any atom is 0.0373 e. The molecule has 2 nitrogen and oxygen atoms in total. The van der Waals surface area contributed by atoms with Crippen molar-refractivity contribution in [3.63, 3.8) is 0 Å². The van der Waals surface area contributed by atoms with E-state index in [2.05, 4.69) is 28.8 Å². The molecule has 0 saturated heterocycles. The molecule has 2 N–H and O–H groups in total. The van der Waals surface area contributed by atoms with Crippen LogP contribution in [0.2, 0.25) is 0 Å². The summed E-state index contributed by atoms with van der Waals surface area (Å²) in [5.74, 6) is 3.14. The van der Waals surface area contributed by atoms with Gasteiger partial charge in [-0.2, -0.15) is 0 Å². The summed E-state index contributed by atoms with van der Waals surface area (Å²) >= 11 is 0. The van der Waals surface area contributed by atoms with Gasteiger partial charge in [-0.1, -0.05) is 12.1 Å². The van der Waals surface area contributed by atoms with Gasteiger partial charge < -0.3 is 10.6 Å². The van der Waals surface area contributed by atoms with Crippen LogP contribution in [-0.2, 0) is 12.8 Å². The standard InChI is InChI=1S/C20H28N2/c1-2-19-18(4-5-21-19)10-14(1)3-6-22-20-11-15-7-16(12-20)9-17(8-15)13-20/h1-2,10,15-17,21-22H,3-9,11-13H2. The minimum atomic E-state index is 0.521. The number of anilines is 1. The first-order valence-electron chi connectivity index (χ1n) is 9.39. The van der Waals surface area contributed by atoms with Crippen molar-refractivity contribution in [2.24, 2.45) is 17.8 Å². The molecule has 4 aliphatic carbocycles. The normalized spacial score (nSPS) is 38.1. The molecule has 4 fully saturated rings. The molecule has 6 rings (SSSR count). The predicted molar refractivity (Wildman–Crippen MR) is 91.2 cm³/mol. The van der Waals surface area contributed by atoms with Crippen LogP contribution in [0.5, 0.6) is 0 Å². The van der Waals surface area contributed by atoms with E-state index in [9.17, 15) is 0 Å². The smallest absolute Gasteiger partial charge is 0.0373 e. The third kappa shape index (κ3) is 2.27. The Morgan fingerprint density at radius 1 is 1.05 bits per heavy atom. The molecule has 4 saturated carbocycles. The first-order chi connectivity index (χ1) is 10.8. The summed E-state index contributed by atoms with van der Waals surface area (Å²) in [4.78, 5) is 0. The second-order valence-electron chi connectivity index (χ2n) is 8.54. The quantitative estimate of drug-likeness (QED) is 0.884. The summed E-state index contributed by atoms with van der Waals surface area (Å²) in [6.45, 7) is 2.28. The van der Waals surface area contributed by atoms with Crippen molar-refractivity contribution in [3.8, 4) is 0 Å². The Labute approximate surface area is 134 Å². The maximum absolute atomic E-state index is 4.03. The Kier molecular flexibility index (Phi) is 3.04. The van der Waals surface area contributed by atoms with Gasteiger partial charge in [-0.25, -0.2) is 0 Å². The van der Waals surface area contributed by atoms with E-state index in [1.165, 1.54) is 74.7 Å². The molecule has 2 heteroatoms. The van der Waals surface area contributed by atoms with Crippen LogP contribution in [0, 0.1) is 17.8 Å². The van der Waals surface area contributed by atoms with Gasteiger partial charge in [0.2, 0.25) is 0 Å². The minimum absolute atomic E-state index is 0.521. The van der Waals surface area contributed by atoms with E-state index >= 15 is 0 Å². The largest absolute Gasteiger partial charge is 0.384 e. The topological polar surface area (TPSA) is 24.1 Å². The molecular weight excluding hydrogens is 268 g/mol. The molecule has 1 aromatic rings. The second-order valence-corrected chi connectivity index (χ2v) is 8.54. The van der Waals surface area contributed by atoms with E-state index in [0.717, 1.165) is 24.3 Å². The van der Waals surface area contributed by atoms with Crippen molar-refractivity contribution in [1.82, 2.24) is 5.32 Å². The summed E-state index contributed by atoms with van der Waals surface area (Å²) in [7, 11) is 0. The molecular formula is C20H28N2. The van der Waals surface area contributed by atoms with Crippen LogP contribution in [0.1, 0.15) is 49.7 Å². The van der Waals surface area contributed by atoms with E-state index in [0.29, 0.717) is 5.54 Å². The Balaban J connectivity index is 1.23. The zero-order valence-electron chi connectivity index (χ0n) is 13.5. The number of hydrogen-bond donors (Lipinski definition) is 2. The second kappa shape index (κ2) is 4.99. The first kappa shape index (κ1) is 13.4. The van der Waals surface area contributed by atoms with Crippen LogP contribution in [0.15, 0.2) is 18.2 Å². The highest BCUT2D eigenvalue weighted by molar-refractivity contribution is 5.56. The summed E-state index contributed by atoms with van der Waals surface area (Å²) in [6, 6.07) is 7.03. The van der Waals surface area contributed by atoms with Gasteiger partial charge >= 0.3 is 0 Å². The fourth-order valence-corrected chi connectivity index (χ4v) is 6.31. The van der Waals surface area contributed by atoms with E-state index in [1.54, 1.807) is 0 Å². The van der Waals surface area contributed by atoms with Gasteiger partial charge in [0.25, 0.3) is 0 Å². The number of benzene rings is 1. The maximum atomic E-state index is 4.03. The molecule has 0 radical (unpaired) electrons. The third-order valence-corrected chi connectivity index (χ3v) is 6.83. The molecule has 4 bridgehead atoms. The average Bonchev–Trinajstić information content (AvgIpc) is 2.93. The average molecular weight is 296 g/mol. The summed E-state index contributed by atoms with van der Waals surface area (Å²) < 4.78 is 0. The highest BCUT2D eigenvalue weighted by atomic mass is 15.0. The molecule has 5 aliphatic rings. The molecule has 0 aromatic heterocycles. The Morgan fingerprint density at radius 2 is 1.77 bits per heavy atom. The highest BCUT2D eigenvalue weighted by Crippen LogP contribution is 2.55. The lowest BCUT2D eigenvalue weighted by atomic mass is 9.53. The van der Waals surface area contributed by atoms with Crippen molar-refractivity contribution < 1.29 is 0 Å². The van der Waals surface area contributed by atoms with Gasteiger partial charge in [0.1, 0.15) is 0 Å². The fraction of sp³-hybridized carbons (Fsp3) is 0.700. The van der Waals surface area contributed by atoms with Crippen molar-refractivity contribution in [1.29, 1.82) is 0 Å². The van der Waals surface area contributed by atoms with E-state index in [4.69, 9.17) is 0 Å². The monoisotopic (exact) mass is 296 g/mol. The Morgan fingerprint density at radius 3 is 2.50 bits per heavy atom. The predicted octanol–water partition coefficient (Wildman–Crippen LogP) is 3.76. The van der Waals surface area contributed by atoms with Gasteiger partial charge in [-0.15, -0.1) is 0 Å². The number of nitrogens with one attached hydrogen (secondary N) is 2. The molecule has 0 unspecified atom stereocenters. The zero-order chi connectivity index (χ0) is 14.6. The summed E-state index contributed by atoms with van der Waals surface area (Å²) in [5.41, 5.74) is 4.91. The Hall–Kier alpha value is -1.02. The molecule has 0 atom stereocenters. The van der Waals surface area contributed by atoms with Gasteiger partial charge in [-0.05, 0) is 92.9 Å². The molecule has 1 heterocycles. The molecule has 0 spiro atoms. The first-order valence-corrected chi connectivity index (χ1v) is 9.39. The Bertz CT molecular complexity index is 542. The molecule has 1 aliphatic heterocycles. The van der Waals surface area contributed by atoms with Gasteiger partial charge in [0.05, 0.1) is 0 Å². The van der Waals surface area contributed by atoms with Gasteiger partial charge in [0.15, 0.2) is 0 Å². The molecule has 118 valence electrons. The van der Waals surface area contributed by atoms with Crippen molar-refractivity contribution in [2.45, 2.75) is 56.9 Å². The SMILES string of the molecule is c1cc2c(cc1CCNC13CC4CC(CC(C4)C1)C3)CCN2. The van der Waals surface area contributed by atoms with E-state index in [-0.39, 0.29) is 0 Å². The number of hydrogen-bond acceptors (Lipinski definition) is 2. The lowest BCUT2D eigenvalue weighted by molar-refractivity contribution is -0.0192. The molecule has 22 heavy (non-hydrogen) atoms. The van der Waals surface area contributed by atoms with Gasteiger partial charge in [-0.3, -0.25) is 0 Å². The summed E-state index contributed by atoms with van der Waals surface area (Å²) in [5, 5.41) is 7.48. The van der Waals surface area contributed by atoms with Gasteiger partial charge in [0, 0.05) is 17.8 Å². The number of rotatable bonds is 4. The van der Waals surface area contributed by atoms with Crippen LogP contribution < -0.4 is 10.6 Å². The molecule has 1 aromatic carbocycles. The summed E-state index contributed by atoms with van der Waals surface area (Å²) in [6.07, 6.45) is 11.4. The van der Waals surface area contributed by atoms with Crippen LogP contribution in [-0.4, -0.2) is 18.6 Å². The van der Waals surface area contributed by atoms with E-state index < -0.39 is 0 Å². The van der Waals surface area contributed by atoms with Crippen LogP contribution in [0.3, 0.4) is 0 Å². The highest BCUT2D eigenvalue weighted by Gasteiger charge is 2.50. The lowest BCUT2D eigenvalue weighted by Gasteiger charge is -2.57. The van der Waals surface area contributed by atoms with Crippen molar-refractivity contribution in [2.75, 3.05) is 18.4 Å². The van der Waals surface area contributed by atoms with Crippen LogP contribution >= 0.6 is 0 Å². The number of fused-ring (bicyclic) bond motifs is 1. The van der Waals surface area contributed by atoms with E-state index in [1.807, 2.05) is 0 Å². The third-order valence-electron chi connectivity index (χ3n) is 6.83. The fourth-order valence-electron chi connectivity index (χ4n) is 6.31. The molecule has 0 amide bonds. The lowest BCUT2D eigenvalue weighted by Crippen LogP contribution is -2.58. The van der Waals surface area contributed by atoms with Crippen LogP contribution in [0.25, 0.3) is 0 Å². The minimum Gasteiger partial charge on any atom is -0.384 e. The van der Waals surface area contributed by atoms with Crippen LogP contribution in [0.4, 0.5) is 5.69 Å². The van der Waals surface area contributed by atoms with Crippen molar-refractivity contribution in [3.05, 3.63) is 29.3 Å². The van der Waals surface area contributed by atoms with Crippen molar-refractivity contribution >= 4 is 5.69 Å². The zero-order valence-corrected chi connectivity index (χ0v) is 13.5.